The largest absolute Gasteiger partial charge is 0.444 e. The highest BCUT2D eigenvalue weighted by Gasteiger charge is 2.62. The van der Waals surface area contributed by atoms with Gasteiger partial charge in [0.2, 0.25) is 17.7 Å². The molecule has 5 aliphatic rings. The number of aromatic nitrogens is 2. The van der Waals surface area contributed by atoms with Crippen LogP contribution in [0.5, 0.6) is 0 Å². The molecule has 0 bridgehead atoms. The Hall–Kier alpha value is -4.57. The highest BCUT2D eigenvalue weighted by molar-refractivity contribution is 6.99. The number of aromatic amines is 1. The topological polar surface area (TPSA) is 152 Å². The molecule has 1 aliphatic heterocycles. The molecule has 4 aliphatic carbocycles. The fourth-order valence-electron chi connectivity index (χ4n) is 16.7. The third-order valence-electron chi connectivity index (χ3n) is 20.5. The van der Waals surface area contributed by atoms with Crippen molar-refractivity contribution < 1.29 is 28.3 Å². The lowest BCUT2D eigenvalue weighted by Crippen LogP contribution is -2.68. The molecule has 1 aromatic heterocycles. The maximum Gasteiger partial charge on any atom is 0.408 e. The predicted molar refractivity (Wildman–Crippen MR) is 327 cm³/mol. The summed E-state index contributed by atoms with van der Waals surface area (Å²) in [6.45, 7) is 23.1. The molecule has 4 amide bonds. The second kappa shape index (κ2) is 26.1. The average molecular weight is 1130 g/mol. The summed E-state index contributed by atoms with van der Waals surface area (Å²) in [5, 5.41) is 8.86. The number of likely N-dealkylation sites (tertiary alicyclic amines) is 1. The molecule has 81 heavy (non-hydrogen) atoms. The molecule has 14 nitrogen and oxygen atoms in total. The zero-order valence-electron chi connectivity index (χ0n) is 52.0. The van der Waals surface area contributed by atoms with Crippen LogP contribution in [0.25, 0.3) is 0 Å². The molecule has 15 heteroatoms. The molecule has 4 saturated carbocycles. The minimum atomic E-state index is -2.65. The van der Waals surface area contributed by atoms with Crippen LogP contribution in [0.15, 0.2) is 73.2 Å². The maximum absolute atomic E-state index is 14.9. The molecule has 0 radical (unpaired) electrons. The zero-order valence-corrected chi connectivity index (χ0v) is 53.0. The molecule has 5 fully saturated rings. The van der Waals surface area contributed by atoms with Gasteiger partial charge in [-0.1, -0.05) is 102 Å². The van der Waals surface area contributed by atoms with Gasteiger partial charge in [-0.15, -0.1) is 0 Å². The van der Waals surface area contributed by atoms with E-state index in [0.717, 1.165) is 57.0 Å². The van der Waals surface area contributed by atoms with Gasteiger partial charge in [-0.2, -0.15) is 0 Å². The Bertz CT molecular complexity index is 2480. The van der Waals surface area contributed by atoms with Gasteiger partial charge in [0.15, 0.2) is 0 Å². The fraction of sp³-hybridized carbons (Fsp3) is 0.712. The van der Waals surface area contributed by atoms with E-state index in [2.05, 4.69) is 133 Å². The molecule has 3 N–H and O–H groups in total. The van der Waals surface area contributed by atoms with Gasteiger partial charge in [0.25, 0.3) is 8.32 Å². The van der Waals surface area contributed by atoms with E-state index >= 15 is 0 Å². The van der Waals surface area contributed by atoms with E-state index < -0.39 is 44.0 Å². The number of H-pyrrole nitrogens is 1. The monoisotopic (exact) mass is 1130 g/mol. The van der Waals surface area contributed by atoms with Gasteiger partial charge < -0.3 is 44.4 Å². The Labute approximate surface area is 488 Å². The number of nitrogens with zero attached hydrogens (tertiary/aromatic N) is 5. The van der Waals surface area contributed by atoms with Gasteiger partial charge in [0, 0.05) is 50.8 Å². The van der Waals surface area contributed by atoms with Crippen molar-refractivity contribution in [3.05, 3.63) is 78.9 Å². The van der Waals surface area contributed by atoms with E-state index in [-0.39, 0.29) is 41.3 Å². The molecule has 1 saturated heterocycles. The molecule has 2 aromatic carbocycles. The quantitative estimate of drug-likeness (QED) is 0.0836. The predicted octanol–water partition coefficient (Wildman–Crippen LogP) is 9.68. The summed E-state index contributed by atoms with van der Waals surface area (Å²) in [4.78, 5) is 72.5. The number of carbonyl (C=O) groups excluding carboxylic acids is 4. The van der Waals surface area contributed by atoms with E-state index in [0.29, 0.717) is 60.7 Å². The lowest BCUT2D eigenvalue weighted by atomic mass is 9.44. The first kappa shape index (κ1) is 62.5. The minimum Gasteiger partial charge on any atom is -0.444 e. The fourth-order valence-corrected chi connectivity index (χ4v) is 21.4. The van der Waals surface area contributed by atoms with Crippen LogP contribution in [0, 0.1) is 46.3 Å². The van der Waals surface area contributed by atoms with E-state index in [1.807, 2.05) is 33.1 Å². The van der Waals surface area contributed by atoms with Crippen LogP contribution in [-0.2, 0) is 30.0 Å². The smallest absolute Gasteiger partial charge is 0.408 e. The molecule has 12 atom stereocenters. The van der Waals surface area contributed by atoms with Crippen molar-refractivity contribution in [1.82, 2.24) is 40.2 Å². The molecule has 2 heterocycles. The Morgan fingerprint density at radius 3 is 1.99 bits per heavy atom. The van der Waals surface area contributed by atoms with Gasteiger partial charge in [-0.3, -0.25) is 14.4 Å². The Morgan fingerprint density at radius 2 is 1.41 bits per heavy atom. The minimum absolute atomic E-state index is 0.0368. The Balaban J connectivity index is 0.917. The summed E-state index contributed by atoms with van der Waals surface area (Å²) in [6.07, 6.45) is 17.1. The van der Waals surface area contributed by atoms with Crippen molar-refractivity contribution >= 4 is 42.5 Å². The van der Waals surface area contributed by atoms with Crippen molar-refractivity contribution in [2.24, 2.45) is 46.3 Å². The molecular weight excluding hydrogens is 1030 g/mol. The van der Waals surface area contributed by atoms with Crippen molar-refractivity contribution in [2.75, 3.05) is 60.9 Å². The highest BCUT2D eigenvalue weighted by Crippen LogP contribution is 2.68. The number of hydrogen-bond donors (Lipinski definition) is 3. The first-order valence-electron chi connectivity index (χ1n) is 31.3. The third kappa shape index (κ3) is 14.3. The van der Waals surface area contributed by atoms with Crippen LogP contribution in [0.3, 0.4) is 0 Å². The zero-order chi connectivity index (χ0) is 58.5. The van der Waals surface area contributed by atoms with E-state index in [4.69, 9.17) is 9.16 Å². The number of fused-ring (bicyclic) bond motifs is 5. The summed E-state index contributed by atoms with van der Waals surface area (Å²) in [5.41, 5.74) is 0.387. The number of ether oxygens (including phenoxy) is 1. The number of nitrogens with one attached hydrogen (secondary N) is 3. The van der Waals surface area contributed by atoms with E-state index in [9.17, 15) is 19.2 Å². The average Bonchev–Trinajstić information content (AvgIpc) is 4.39. The molecule has 0 spiro atoms. The van der Waals surface area contributed by atoms with Crippen molar-refractivity contribution in [3.8, 4) is 0 Å². The van der Waals surface area contributed by atoms with Crippen molar-refractivity contribution in [1.29, 1.82) is 0 Å². The summed E-state index contributed by atoms with van der Waals surface area (Å²) < 4.78 is 13.5. The molecular formula is C66H104N8O6Si. The van der Waals surface area contributed by atoms with Crippen LogP contribution in [0.4, 0.5) is 4.79 Å². The standard InChI is InChI=1S/C66H104N8O6Si/c1-46(54-29-30-55-53-28-27-47-40-50(32-34-65(47,8)56(53)33-35-66(54,55)9)80-81(64(5,6)7,51-22-16-14-17-23-51)52-24-18-15-19-25-52)26-31-59(75)69-49-42-58(61(77)73(38-20-36-71(10)11)39-21-37-72(12)13)74(44-49)60(76)57(41-48-43-67-45-68-48)70-62(78)79-63(2,3)4/h14-19,22-25,43,45-47,49-50,53-58H,20-21,26-42,44H2,1-13H3,(H,67,68)(H,69,75)(H,70,78)/t46-,47?,49+,50-,53?,54-,55?,56?,57?,58+,65+,66-/m1/s1. The number of alkyl carbamates (subject to hydrolysis) is 1. The normalized spacial score (nSPS) is 28.4. The first-order chi connectivity index (χ1) is 38.3. The summed E-state index contributed by atoms with van der Waals surface area (Å²) in [7, 11) is 5.46. The SMILES string of the molecule is C[C@H](CCC(=O)N[C@H]1C[C@@H](C(=O)N(CCCN(C)C)CCCN(C)C)N(C(=O)C(Cc2c[nH]cn2)NC(=O)OC(C)(C)C)C1)[C@H]1CCC2C3CCC4C[C@H](O[Si](c5ccccc5)(c5ccccc5)C(C)(C)C)CC[C@]4(C)C3CC[C@@]21C. The van der Waals surface area contributed by atoms with E-state index in [1.54, 1.807) is 31.9 Å². The van der Waals surface area contributed by atoms with Gasteiger partial charge >= 0.3 is 6.09 Å². The van der Waals surface area contributed by atoms with Gasteiger partial charge in [-0.05, 0) is 207 Å². The van der Waals surface area contributed by atoms with Crippen LogP contribution in [0.1, 0.15) is 158 Å². The first-order valence-corrected chi connectivity index (χ1v) is 33.2. The molecule has 5 unspecified atom stereocenters. The van der Waals surface area contributed by atoms with Crippen LogP contribution in [-0.4, -0.2) is 152 Å². The van der Waals surface area contributed by atoms with Gasteiger partial charge in [-0.25, -0.2) is 9.78 Å². The lowest BCUT2D eigenvalue weighted by molar-refractivity contribution is -0.145. The summed E-state index contributed by atoms with van der Waals surface area (Å²) in [6, 6.07) is 20.1. The van der Waals surface area contributed by atoms with Crippen molar-refractivity contribution in [2.45, 2.75) is 193 Å². The maximum atomic E-state index is 14.9. The number of imidazole rings is 1. The second-order valence-electron chi connectivity index (χ2n) is 28.7. The second-order valence-corrected chi connectivity index (χ2v) is 32.9. The number of rotatable bonds is 22. The Kier molecular flexibility index (Phi) is 20.2. The van der Waals surface area contributed by atoms with Gasteiger partial charge in [0.1, 0.15) is 17.7 Å². The van der Waals surface area contributed by atoms with E-state index in [1.165, 1.54) is 61.6 Å². The third-order valence-corrected chi connectivity index (χ3v) is 25.6. The van der Waals surface area contributed by atoms with Gasteiger partial charge in [0.05, 0.1) is 12.0 Å². The Morgan fingerprint density at radius 1 is 0.790 bits per heavy atom. The summed E-state index contributed by atoms with van der Waals surface area (Å²) >= 11 is 0. The molecule has 3 aromatic rings. The number of carbonyl (C=O) groups is 4. The van der Waals surface area contributed by atoms with Crippen molar-refractivity contribution in [3.63, 3.8) is 0 Å². The van der Waals surface area contributed by atoms with Crippen LogP contribution < -0.4 is 21.0 Å². The molecule has 8 rings (SSSR count). The number of amides is 4. The number of hydrogen-bond acceptors (Lipinski definition) is 9. The van der Waals surface area contributed by atoms with Crippen LogP contribution >= 0.6 is 0 Å². The van der Waals surface area contributed by atoms with Crippen LogP contribution in [0.2, 0.25) is 5.04 Å². The highest BCUT2D eigenvalue weighted by atomic mass is 28.4. The molecule has 448 valence electrons. The summed E-state index contributed by atoms with van der Waals surface area (Å²) in [5.74, 6) is 3.26. The number of benzene rings is 2. The lowest BCUT2D eigenvalue weighted by Gasteiger charge is -2.62.